The lowest BCUT2D eigenvalue weighted by Gasteiger charge is -2.49. The van der Waals surface area contributed by atoms with Gasteiger partial charge in [0.25, 0.3) is 0 Å². The van der Waals surface area contributed by atoms with Gasteiger partial charge in [-0.2, -0.15) is 0 Å². The van der Waals surface area contributed by atoms with Crippen LogP contribution in [0.25, 0.3) is 0 Å². The Morgan fingerprint density at radius 3 is 1.89 bits per heavy atom. The fraction of sp³-hybridized carbons (Fsp3) is 0.938. The number of hydrogen-bond donors (Lipinski definition) is 1. The lowest BCUT2D eigenvalue weighted by Crippen LogP contribution is -2.58. The van der Waals surface area contributed by atoms with E-state index in [2.05, 4.69) is 4.90 Å². The summed E-state index contributed by atoms with van der Waals surface area (Å²) in [6.07, 6.45) is 13.1. The zero-order valence-electron chi connectivity index (χ0n) is 12.0. The average molecular weight is 265 g/mol. The Balaban J connectivity index is 1.74. The Hall–Kier alpha value is -0.570. The molecule has 0 atom stereocenters. The number of rotatable bonds is 2. The van der Waals surface area contributed by atoms with E-state index in [-0.39, 0.29) is 0 Å². The first-order chi connectivity index (χ1) is 9.17. The van der Waals surface area contributed by atoms with Crippen molar-refractivity contribution in [1.82, 2.24) is 4.90 Å². The molecule has 1 aliphatic heterocycles. The maximum Gasteiger partial charge on any atom is 0.324 e. The molecule has 3 rings (SSSR count). The van der Waals surface area contributed by atoms with Crippen molar-refractivity contribution in [3.8, 4) is 0 Å². The molecule has 1 spiro atoms. The van der Waals surface area contributed by atoms with Crippen molar-refractivity contribution >= 4 is 5.97 Å². The van der Waals surface area contributed by atoms with Crippen molar-refractivity contribution in [2.45, 2.75) is 76.2 Å². The first-order valence-electron chi connectivity index (χ1n) is 8.16. The summed E-state index contributed by atoms with van der Waals surface area (Å²) in [5.74, 6) is -0.553. The maximum atomic E-state index is 11.9. The summed E-state index contributed by atoms with van der Waals surface area (Å²) < 4.78 is 0. The lowest BCUT2D eigenvalue weighted by atomic mass is 9.65. The Kier molecular flexibility index (Phi) is 3.59. The van der Waals surface area contributed by atoms with Gasteiger partial charge in [-0.3, -0.25) is 9.69 Å². The van der Waals surface area contributed by atoms with Crippen LogP contribution < -0.4 is 0 Å². The smallest absolute Gasteiger partial charge is 0.324 e. The summed E-state index contributed by atoms with van der Waals surface area (Å²) in [6.45, 7) is 2.00. The SMILES string of the molecule is O=C(O)C1(N2CCCCC2)CCC2(CCCC2)CC1. The van der Waals surface area contributed by atoms with Gasteiger partial charge in [-0.25, -0.2) is 0 Å². The molecule has 0 bridgehead atoms. The molecule has 0 radical (unpaired) electrons. The number of piperidine rings is 1. The van der Waals surface area contributed by atoms with Crippen molar-refractivity contribution in [3.05, 3.63) is 0 Å². The van der Waals surface area contributed by atoms with Gasteiger partial charge in [-0.1, -0.05) is 19.3 Å². The van der Waals surface area contributed by atoms with Gasteiger partial charge in [-0.15, -0.1) is 0 Å². The van der Waals surface area contributed by atoms with Crippen LogP contribution in [0.1, 0.15) is 70.6 Å². The van der Waals surface area contributed by atoms with Crippen LogP contribution in [0, 0.1) is 5.41 Å². The minimum absolute atomic E-state index is 0.520. The average Bonchev–Trinajstić information content (AvgIpc) is 2.89. The Bertz CT molecular complexity index is 331. The van der Waals surface area contributed by atoms with Gasteiger partial charge < -0.3 is 5.11 Å². The van der Waals surface area contributed by atoms with E-state index in [1.54, 1.807) is 0 Å². The van der Waals surface area contributed by atoms with E-state index >= 15 is 0 Å². The molecule has 1 saturated heterocycles. The molecule has 2 aliphatic carbocycles. The number of carboxylic acids is 1. The van der Waals surface area contributed by atoms with Crippen LogP contribution in [-0.4, -0.2) is 34.6 Å². The van der Waals surface area contributed by atoms with Crippen molar-refractivity contribution in [2.75, 3.05) is 13.1 Å². The van der Waals surface area contributed by atoms with Gasteiger partial charge in [0.2, 0.25) is 0 Å². The molecule has 0 aromatic heterocycles. The highest BCUT2D eigenvalue weighted by atomic mass is 16.4. The fourth-order valence-corrected chi connectivity index (χ4v) is 4.81. The van der Waals surface area contributed by atoms with E-state index in [9.17, 15) is 9.90 Å². The van der Waals surface area contributed by atoms with Gasteiger partial charge in [0.1, 0.15) is 5.54 Å². The van der Waals surface area contributed by atoms with E-state index in [1.165, 1.54) is 44.9 Å². The minimum atomic E-state index is -0.553. The molecule has 3 nitrogen and oxygen atoms in total. The molecule has 1 N–H and O–H groups in total. The molecule has 1 heterocycles. The van der Waals surface area contributed by atoms with E-state index in [1.807, 2.05) is 0 Å². The minimum Gasteiger partial charge on any atom is -0.480 e. The van der Waals surface area contributed by atoms with Gasteiger partial charge in [0.05, 0.1) is 0 Å². The zero-order chi connectivity index (χ0) is 13.3. The Labute approximate surface area is 116 Å². The van der Waals surface area contributed by atoms with Crippen molar-refractivity contribution < 1.29 is 9.90 Å². The number of likely N-dealkylation sites (tertiary alicyclic amines) is 1. The predicted molar refractivity (Wildman–Crippen MR) is 75.2 cm³/mol. The highest BCUT2D eigenvalue weighted by Gasteiger charge is 2.51. The van der Waals surface area contributed by atoms with E-state index in [0.717, 1.165) is 38.8 Å². The third kappa shape index (κ3) is 2.31. The molecule has 0 unspecified atom stereocenters. The van der Waals surface area contributed by atoms with Gasteiger partial charge in [-0.05, 0) is 69.9 Å². The summed E-state index contributed by atoms with van der Waals surface area (Å²) in [7, 11) is 0. The first kappa shape index (κ1) is 13.4. The monoisotopic (exact) mass is 265 g/mol. The summed E-state index contributed by atoms with van der Waals surface area (Å²) in [4.78, 5) is 14.2. The predicted octanol–water partition coefficient (Wildman–Crippen LogP) is 3.43. The fourth-order valence-electron chi connectivity index (χ4n) is 4.81. The standard InChI is InChI=1S/C16H27NO2/c18-14(19)16(17-12-4-1-5-13-17)10-8-15(9-11-16)6-2-3-7-15/h1-13H2,(H,18,19). The summed E-state index contributed by atoms with van der Waals surface area (Å²) >= 11 is 0. The molecule has 3 heteroatoms. The molecule has 0 aromatic carbocycles. The first-order valence-corrected chi connectivity index (χ1v) is 8.16. The van der Waals surface area contributed by atoms with Crippen LogP contribution >= 0.6 is 0 Å². The van der Waals surface area contributed by atoms with E-state index in [4.69, 9.17) is 0 Å². The number of carboxylic acid groups (broad SMARTS) is 1. The highest BCUT2D eigenvalue weighted by molar-refractivity contribution is 5.79. The number of hydrogen-bond acceptors (Lipinski definition) is 2. The maximum absolute atomic E-state index is 11.9. The Morgan fingerprint density at radius 2 is 1.37 bits per heavy atom. The number of aliphatic carboxylic acids is 1. The highest BCUT2D eigenvalue weighted by Crippen LogP contribution is 2.52. The molecule has 0 amide bonds. The molecular formula is C16H27NO2. The van der Waals surface area contributed by atoms with Crippen molar-refractivity contribution in [2.24, 2.45) is 5.41 Å². The van der Waals surface area contributed by atoms with Gasteiger partial charge in [0, 0.05) is 0 Å². The molecule has 3 aliphatic rings. The lowest BCUT2D eigenvalue weighted by molar-refractivity contribution is -0.157. The normalized spacial score (nSPS) is 30.5. The number of carbonyl (C=O) groups is 1. The number of nitrogens with zero attached hydrogens (tertiary/aromatic N) is 1. The summed E-state index contributed by atoms with van der Waals surface area (Å²) in [5.41, 5.74) is 0.00297. The topological polar surface area (TPSA) is 40.5 Å². The van der Waals surface area contributed by atoms with Crippen LogP contribution in [0.4, 0.5) is 0 Å². The molecule has 108 valence electrons. The van der Waals surface area contributed by atoms with Crippen molar-refractivity contribution in [1.29, 1.82) is 0 Å². The quantitative estimate of drug-likeness (QED) is 0.831. The Morgan fingerprint density at radius 1 is 0.789 bits per heavy atom. The van der Waals surface area contributed by atoms with Crippen LogP contribution in [0.2, 0.25) is 0 Å². The third-order valence-corrected chi connectivity index (χ3v) is 6.16. The summed E-state index contributed by atoms with van der Waals surface area (Å²) in [6, 6.07) is 0. The second-order valence-corrected chi connectivity index (χ2v) is 7.09. The summed E-state index contributed by atoms with van der Waals surface area (Å²) in [5, 5.41) is 9.83. The van der Waals surface area contributed by atoms with Crippen LogP contribution in [0.15, 0.2) is 0 Å². The zero-order valence-corrected chi connectivity index (χ0v) is 12.0. The van der Waals surface area contributed by atoms with Crippen LogP contribution in [-0.2, 0) is 4.79 Å². The van der Waals surface area contributed by atoms with Crippen molar-refractivity contribution in [3.63, 3.8) is 0 Å². The molecule has 3 fully saturated rings. The van der Waals surface area contributed by atoms with Gasteiger partial charge >= 0.3 is 5.97 Å². The molecule has 0 aromatic rings. The van der Waals surface area contributed by atoms with Crippen LogP contribution in [0.5, 0.6) is 0 Å². The van der Waals surface area contributed by atoms with Gasteiger partial charge in [0.15, 0.2) is 0 Å². The molecular weight excluding hydrogens is 238 g/mol. The second-order valence-electron chi connectivity index (χ2n) is 7.09. The second kappa shape index (κ2) is 5.08. The third-order valence-electron chi connectivity index (χ3n) is 6.16. The van der Waals surface area contributed by atoms with E-state index in [0.29, 0.717) is 5.41 Å². The largest absolute Gasteiger partial charge is 0.480 e. The molecule has 2 saturated carbocycles. The van der Waals surface area contributed by atoms with Crippen LogP contribution in [0.3, 0.4) is 0 Å². The molecule has 19 heavy (non-hydrogen) atoms. The van der Waals surface area contributed by atoms with E-state index < -0.39 is 11.5 Å².